The number of benzene rings is 1. The average Bonchev–Trinajstić information content (AvgIpc) is 3.81. The van der Waals surface area contributed by atoms with Crippen LogP contribution in [0.5, 0.6) is 0 Å². The Morgan fingerprint density at radius 1 is 1.03 bits per heavy atom. The van der Waals surface area contributed by atoms with Crippen molar-refractivity contribution in [2.75, 3.05) is 39.8 Å². The lowest BCUT2D eigenvalue weighted by Crippen LogP contribution is -2.46. The van der Waals surface area contributed by atoms with E-state index >= 15 is 0 Å². The van der Waals surface area contributed by atoms with Crippen LogP contribution in [0.4, 0.5) is 4.79 Å². The molecule has 196 valence electrons. The summed E-state index contributed by atoms with van der Waals surface area (Å²) in [6, 6.07) is 5.29. The third kappa shape index (κ3) is 5.33. The number of piperidine rings is 1. The zero-order chi connectivity index (χ0) is 25.6. The van der Waals surface area contributed by atoms with Crippen LogP contribution in [0.15, 0.2) is 18.2 Å². The summed E-state index contributed by atoms with van der Waals surface area (Å²) in [7, 11) is 1.75. The molecule has 36 heavy (non-hydrogen) atoms. The summed E-state index contributed by atoms with van der Waals surface area (Å²) in [5.74, 6) is 0.614. The van der Waals surface area contributed by atoms with Crippen molar-refractivity contribution in [1.82, 2.24) is 14.7 Å². The SMILES string of the molecule is CN(C(=O)OCC1CC1)[C@H]1CN(C(=O)C2CCN(C(=O)C3(C)CC3)CC2)C[C@@H]1c1ccc(Cl)c(Cl)c1. The fourth-order valence-electron chi connectivity index (χ4n) is 5.51. The van der Waals surface area contributed by atoms with E-state index < -0.39 is 0 Å². The van der Waals surface area contributed by atoms with Crippen molar-refractivity contribution in [3.63, 3.8) is 0 Å². The third-order valence-corrected chi connectivity index (χ3v) is 9.28. The Bertz CT molecular complexity index is 1030. The van der Waals surface area contributed by atoms with E-state index in [2.05, 4.69) is 0 Å². The largest absolute Gasteiger partial charge is 0.449 e. The molecule has 0 bridgehead atoms. The molecule has 0 unspecified atom stereocenters. The van der Waals surface area contributed by atoms with Gasteiger partial charge in [-0.05, 0) is 62.1 Å². The topological polar surface area (TPSA) is 70.2 Å². The van der Waals surface area contributed by atoms with Gasteiger partial charge < -0.3 is 19.4 Å². The molecule has 0 aromatic heterocycles. The van der Waals surface area contributed by atoms with E-state index in [1.165, 1.54) is 0 Å². The van der Waals surface area contributed by atoms with E-state index in [0.717, 1.165) is 31.2 Å². The number of amides is 3. The van der Waals surface area contributed by atoms with Gasteiger partial charge in [0.15, 0.2) is 0 Å². The van der Waals surface area contributed by atoms with E-state index in [9.17, 15) is 14.4 Å². The monoisotopic (exact) mass is 535 g/mol. The van der Waals surface area contributed by atoms with Crippen molar-refractivity contribution in [1.29, 1.82) is 0 Å². The van der Waals surface area contributed by atoms with Crippen LogP contribution >= 0.6 is 23.2 Å². The molecule has 2 aliphatic heterocycles. The summed E-state index contributed by atoms with van der Waals surface area (Å²) >= 11 is 12.5. The lowest BCUT2D eigenvalue weighted by atomic mass is 9.93. The Hall–Kier alpha value is -1.99. The maximum Gasteiger partial charge on any atom is 0.409 e. The van der Waals surface area contributed by atoms with Gasteiger partial charge in [0.25, 0.3) is 0 Å². The Morgan fingerprint density at radius 3 is 2.33 bits per heavy atom. The molecule has 2 saturated carbocycles. The lowest BCUT2D eigenvalue weighted by Gasteiger charge is -2.34. The van der Waals surface area contributed by atoms with E-state index in [1.807, 2.05) is 28.9 Å². The van der Waals surface area contributed by atoms with Crippen LogP contribution in [0.1, 0.15) is 56.9 Å². The predicted molar refractivity (Wildman–Crippen MR) is 138 cm³/mol. The number of likely N-dealkylation sites (N-methyl/N-ethyl adjacent to an activating group) is 1. The minimum atomic E-state index is -0.355. The van der Waals surface area contributed by atoms with Crippen LogP contribution in [0.25, 0.3) is 0 Å². The van der Waals surface area contributed by atoms with Crippen LogP contribution in [0.3, 0.4) is 0 Å². The van der Waals surface area contributed by atoms with Crippen molar-refractivity contribution in [3.05, 3.63) is 33.8 Å². The second kappa shape index (κ2) is 10.1. The highest BCUT2D eigenvalue weighted by atomic mass is 35.5. The van der Waals surface area contributed by atoms with Gasteiger partial charge >= 0.3 is 6.09 Å². The van der Waals surface area contributed by atoms with Gasteiger partial charge in [-0.15, -0.1) is 0 Å². The number of rotatable bonds is 6. The molecule has 7 nitrogen and oxygen atoms in total. The predicted octanol–water partition coefficient (Wildman–Crippen LogP) is 4.80. The van der Waals surface area contributed by atoms with Crippen molar-refractivity contribution in [2.45, 2.75) is 57.4 Å². The highest BCUT2D eigenvalue weighted by molar-refractivity contribution is 6.42. The zero-order valence-electron chi connectivity index (χ0n) is 21.1. The highest BCUT2D eigenvalue weighted by Gasteiger charge is 2.48. The van der Waals surface area contributed by atoms with E-state index in [0.29, 0.717) is 61.6 Å². The molecule has 0 radical (unpaired) electrons. The number of hydrogen-bond donors (Lipinski definition) is 0. The number of carbonyl (C=O) groups excluding carboxylic acids is 3. The first-order valence-electron chi connectivity index (χ1n) is 13.1. The second-order valence-electron chi connectivity index (χ2n) is 11.3. The molecule has 0 spiro atoms. The molecule has 1 aromatic carbocycles. The second-order valence-corrected chi connectivity index (χ2v) is 12.2. The summed E-state index contributed by atoms with van der Waals surface area (Å²) in [4.78, 5) is 44.6. The summed E-state index contributed by atoms with van der Waals surface area (Å²) in [5, 5.41) is 0.930. The summed E-state index contributed by atoms with van der Waals surface area (Å²) < 4.78 is 5.54. The van der Waals surface area contributed by atoms with Crippen molar-refractivity contribution < 1.29 is 19.1 Å². The molecule has 4 aliphatic rings. The van der Waals surface area contributed by atoms with Gasteiger partial charge in [0.1, 0.15) is 0 Å². The van der Waals surface area contributed by atoms with Gasteiger partial charge in [-0.3, -0.25) is 9.59 Å². The summed E-state index contributed by atoms with van der Waals surface area (Å²) in [5.41, 5.74) is 0.773. The molecule has 9 heteroatoms. The Balaban J connectivity index is 1.27. The minimum Gasteiger partial charge on any atom is -0.449 e. The molecule has 2 heterocycles. The van der Waals surface area contributed by atoms with Gasteiger partial charge in [-0.1, -0.05) is 36.2 Å². The van der Waals surface area contributed by atoms with Crippen LogP contribution in [0, 0.1) is 17.3 Å². The molecule has 2 aliphatic carbocycles. The van der Waals surface area contributed by atoms with E-state index in [-0.39, 0.29) is 41.2 Å². The minimum absolute atomic E-state index is 0.0984. The lowest BCUT2D eigenvalue weighted by molar-refractivity contribution is -0.142. The summed E-state index contributed by atoms with van der Waals surface area (Å²) in [6.07, 6.45) is 5.15. The first kappa shape index (κ1) is 25.7. The molecular weight excluding hydrogens is 501 g/mol. The first-order valence-corrected chi connectivity index (χ1v) is 13.8. The molecular formula is C27H35Cl2N3O4. The molecule has 5 rings (SSSR count). The number of ether oxygens (including phenoxy) is 1. The van der Waals surface area contributed by atoms with Crippen LogP contribution in [-0.2, 0) is 14.3 Å². The fourth-order valence-corrected chi connectivity index (χ4v) is 5.82. The highest BCUT2D eigenvalue weighted by Crippen LogP contribution is 2.47. The first-order chi connectivity index (χ1) is 17.2. The maximum atomic E-state index is 13.6. The fraction of sp³-hybridized carbons (Fsp3) is 0.667. The number of likely N-dealkylation sites (tertiary alicyclic amines) is 2. The molecule has 3 amide bonds. The van der Waals surface area contributed by atoms with E-state index in [1.54, 1.807) is 18.0 Å². The third-order valence-electron chi connectivity index (χ3n) is 8.55. The molecule has 4 fully saturated rings. The Morgan fingerprint density at radius 2 is 1.72 bits per heavy atom. The molecule has 2 atom stereocenters. The quantitative estimate of drug-likeness (QED) is 0.524. The van der Waals surface area contributed by atoms with E-state index in [4.69, 9.17) is 27.9 Å². The Labute approximate surface area is 223 Å². The molecule has 0 N–H and O–H groups in total. The van der Waals surface area contributed by atoms with Crippen LogP contribution in [0.2, 0.25) is 10.0 Å². The standard InChI is InChI=1S/C27H35Cl2N3O4/c1-27(9-10-27)25(34)31-11-7-18(8-12-31)24(33)32-14-20(19-5-6-21(28)22(29)13-19)23(15-32)30(2)26(35)36-16-17-3-4-17/h5-6,13,17-18,20,23H,3-4,7-12,14-16H2,1-2H3/t20-,23+/m1/s1. The maximum absolute atomic E-state index is 13.6. The van der Waals surface area contributed by atoms with Gasteiger partial charge in [0, 0.05) is 50.5 Å². The number of nitrogens with zero attached hydrogens (tertiary/aromatic N) is 3. The van der Waals surface area contributed by atoms with Crippen molar-refractivity contribution in [3.8, 4) is 0 Å². The van der Waals surface area contributed by atoms with Gasteiger partial charge in [0.2, 0.25) is 11.8 Å². The number of carbonyl (C=O) groups is 3. The Kier molecular flexibility index (Phi) is 7.16. The molecule has 2 saturated heterocycles. The van der Waals surface area contributed by atoms with Crippen molar-refractivity contribution in [2.24, 2.45) is 17.3 Å². The zero-order valence-corrected chi connectivity index (χ0v) is 22.6. The molecule has 1 aromatic rings. The number of halogens is 2. The smallest absolute Gasteiger partial charge is 0.409 e. The van der Waals surface area contributed by atoms with Crippen molar-refractivity contribution >= 4 is 41.1 Å². The van der Waals surface area contributed by atoms with Crippen LogP contribution in [-0.4, -0.2) is 78.5 Å². The van der Waals surface area contributed by atoms with Gasteiger partial charge in [0.05, 0.1) is 22.7 Å². The van der Waals surface area contributed by atoms with Crippen LogP contribution < -0.4 is 0 Å². The average molecular weight is 537 g/mol. The number of hydrogen-bond acceptors (Lipinski definition) is 4. The normalized spacial score (nSPS) is 25.6. The van der Waals surface area contributed by atoms with Gasteiger partial charge in [-0.2, -0.15) is 0 Å². The summed E-state index contributed by atoms with van der Waals surface area (Å²) in [6.45, 7) is 4.69. The van der Waals surface area contributed by atoms with Gasteiger partial charge in [-0.25, -0.2) is 4.79 Å².